The molecule has 0 aliphatic heterocycles. The molecule has 2 rings (SSSR count). The normalized spacial score (nSPS) is 18.3. The Labute approximate surface area is 114 Å². The van der Waals surface area contributed by atoms with Gasteiger partial charge in [-0.2, -0.15) is 17.9 Å². The van der Waals surface area contributed by atoms with E-state index in [1.54, 1.807) is 4.72 Å². The third-order valence-corrected chi connectivity index (χ3v) is 5.15. The summed E-state index contributed by atoms with van der Waals surface area (Å²) in [7, 11) is -4.33. The maximum atomic E-state index is 12.9. The molecular formula is C11H15F3N2O3S. The second kappa shape index (κ2) is 4.47. The predicted molar refractivity (Wildman–Crippen MR) is 64.4 cm³/mol. The zero-order chi connectivity index (χ0) is 15.3. The highest BCUT2D eigenvalue weighted by atomic mass is 32.2. The van der Waals surface area contributed by atoms with Crippen LogP contribution in [0.3, 0.4) is 0 Å². The molecule has 0 spiro atoms. The lowest BCUT2D eigenvalue weighted by atomic mass is 10.2. The Kier molecular flexibility index (Phi) is 3.43. The van der Waals surface area contributed by atoms with Crippen LogP contribution in [0.1, 0.15) is 29.9 Å². The largest absolute Gasteiger partial charge is 0.465 e. The molecule has 0 unspecified atom stereocenters. The van der Waals surface area contributed by atoms with Crippen molar-refractivity contribution < 1.29 is 26.0 Å². The predicted octanol–water partition coefficient (Wildman–Crippen LogP) is 1.73. The Morgan fingerprint density at radius 3 is 2.25 bits per heavy atom. The lowest BCUT2D eigenvalue weighted by Crippen LogP contribution is -2.47. The van der Waals surface area contributed by atoms with Crippen molar-refractivity contribution in [1.29, 1.82) is 0 Å². The molecular weight excluding hydrogens is 297 g/mol. The van der Waals surface area contributed by atoms with E-state index in [9.17, 15) is 21.6 Å². The number of furan rings is 1. The van der Waals surface area contributed by atoms with E-state index in [2.05, 4.69) is 0 Å². The fourth-order valence-electron chi connectivity index (χ4n) is 2.17. The van der Waals surface area contributed by atoms with Gasteiger partial charge in [-0.1, -0.05) is 0 Å². The van der Waals surface area contributed by atoms with Gasteiger partial charge in [-0.3, -0.25) is 0 Å². The molecule has 1 saturated carbocycles. The van der Waals surface area contributed by atoms with Gasteiger partial charge in [-0.05, 0) is 26.7 Å². The van der Waals surface area contributed by atoms with Gasteiger partial charge in [-0.15, -0.1) is 0 Å². The molecule has 0 radical (unpaired) electrons. The number of alkyl halides is 3. The summed E-state index contributed by atoms with van der Waals surface area (Å²) in [6.45, 7) is 2.77. The lowest BCUT2D eigenvalue weighted by Gasteiger charge is -2.20. The first-order valence-corrected chi connectivity index (χ1v) is 7.42. The van der Waals surface area contributed by atoms with E-state index >= 15 is 0 Å². The Morgan fingerprint density at radius 1 is 1.30 bits per heavy atom. The monoisotopic (exact) mass is 312 g/mol. The van der Waals surface area contributed by atoms with Crippen LogP contribution in [0.25, 0.3) is 0 Å². The van der Waals surface area contributed by atoms with Crippen LogP contribution in [-0.2, 0) is 16.6 Å². The summed E-state index contributed by atoms with van der Waals surface area (Å²) in [4.78, 5) is -0.284. The molecule has 114 valence electrons. The number of aryl methyl sites for hydroxylation is 2. The molecule has 0 aromatic carbocycles. The molecule has 0 saturated heterocycles. The van der Waals surface area contributed by atoms with Gasteiger partial charge in [0, 0.05) is 12.1 Å². The van der Waals surface area contributed by atoms with Gasteiger partial charge in [0.15, 0.2) is 0 Å². The molecule has 1 aromatic rings. The molecule has 3 N–H and O–H groups in total. The second-order valence-electron chi connectivity index (χ2n) is 4.91. The quantitative estimate of drug-likeness (QED) is 0.886. The van der Waals surface area contributed by atoms with Crippen molar-refractivity contribution in [3.8, 4) is 0 Å². The van der Waals surface area contributed by atoms with Crippen molar-refractivity contribution >= 4 is 10.0 Å². The second-order valence-corrected chi connectivity index (χ2v) is 6.53. The van der Waals surface area contributed by atoms with Gasteiger partial charge >= 0.3 is 6.18 Å². The van der Waals surface area contributed by atoms with Crippen molar-refractivity contribution in [2.45, 2.75) is 49.8 Å². The van der Waals surface area contributed by atoms with E-state index in [0.29, 0.717) is 5.76 Å². The number of sulfonamides is 1. The number of hydrogen-bond donors (Lipinski definition) is 2. The fourth-order valence-corrected chi connectivity index (χ4v) is 4.08. The van der Waals surface area contributed by atoms with Crippen LogP contribution in [0.2, 0.25) is 0 Å². The Balaban J connectivity index is 2.43. The van der Waals surface area contributed by atoms with Crippen LogP contribution in [-0.4, -0.2) is 20.1 Å². The maximum absolute atomic E-state index is 12.9. The third-order valence-electron chi connectivity index (χ3n) is 3.42. The maximum Gasteiger partial charge on any atom is 0.407 e. The van der Waals surface area contributed by atoms with Gasteiger partial charge in [0.05, 0.1) is 0 Å². The number of hydrogen-bond acceptors (Lipinski definition) is 4. The molecule has 1 aliphatic rings. The first-order valence-electron chi connectivity index (χ1n) is 5.94. The average molecular weight is 312 g/mol. The SMILES string of the molecule is Cc1oc(C)c(S(=O)(=O)NC2(C(F)(F)F)CC2)c1CN. The molecule has 0 bridgehead atoms. The molecule has 20 heavy (non-hydrogen) atoms. The summed E-state index contributed by atoms with van der Waals surface area (Å²) in [5.41, 5.74) is 3.30. The molecule has 1 aromatic heterocycles. The lowest BCUT2D eigenvalue weighted by molar-refractivity contribution is -0.160. The highest BCUT2D eigenvalue weighted by molar-refractivity contribution is 7.89. The smallest absolute Gasteiger partial charge is 0.407 e. The van der Waals surface area contributed by atoms with Gasteiger partial charge in [0.2, 0.25) is 10.0 Å². The van der Waals surface area contributed by atoms with Crippen LogP contribution in [0.4, 0.5) is 13.2 Å². The summed E-state index contributed by atoms with van der Waals surface area (Å²) in [5, 5.41) is 0. The van der Waals surface area contributed by atoms with Crippen molar-refractivity contribution in [2.75, 3.05) is 0 Å². The minimum Gasteiger partial charge on any atom is -0.465 e. The van der Waals surface area contributed by atoms with Gasteiger partial charge in [0.1, 0.15) is 22.0 Å². The summed E-state index contributed by atoms with van der Waals surface area (Å²) < 4.78 is 69.9. The number of rotatable bonds is 4. The van der Waals surface area contributed by atoms with E-state index in [1.807, 2.05) is 0 Å². The fraction of sp³-hybridized carbons (Fsp3) is 0.636. The molecule has 0 amide bonds. The summed E-state index contributed by atoms with van der Waals surface area (Å²) in [5.74, 6) is 0.329. The molecule has 1 heterocycles. The average Bonchev–Trinajstić information content (AvgIpc) is 2.97. The topological polar surface area (TPSA) is 85.3 Å². The van der Waals surface area contributed by atoms with E-state index in [0.717, 1.165) is 0 Å². The molecule has 9 heteroatoms. The van der Waals surface area contributed by atoms with E-state index in [-0.39, 0.29) is 35.6 Å². The molecule has 1 fully saturated rings. The van der Waals surface area contributed by atoms with Crippen LogP contribution in [0.15, 0.2) is 9.31 Å². The summed E-state index contributed by atoms with van der Waals surface area (Å²) in [6.07, 6.45) is -5.14. The van der Waals surface area contributed by atoms with Crippen molar-refractivity contribution in [3.63, 3.8) is 0 Å². The molecule has 5 nitrogen and oxygen atoms in total. The first-order chi connectivity index (χ1) is 9.04. The first kappa shape index (κ1) is 15.3. The minimum atomic E-state index is -4.62. The Hall–Kier alpha value is -1.06. The van der Waals surface area contributed by atoms with Gasteiger partial charge in [-0.25, -0.2) is 8.42 Å². The Morgan fingerprint density at radius 2 is 1.85 bits per heavy atom. The zero-order valence-corrected chi connectivity index (χ0v) is 11.8. The standard InChI is InChI=1S/C11H15F3N2O3S/c1-6-8(5-15)9(7(2)19-6)20(17,18)16-10(3-4-10)11(12,13)14/h16H,3-5,15H2,1-2H3. The highest BCUT2D eigenvalue weighted by Crippen LogP contribution is 2.50. The third kappa shape index (κ3) is 2.33. The summed E-state index contributed by atoms with van der Waals surface area (Å²) in [6, 6.07) is 0. The summed E-state index contributed by atoms with van der Waals surface area (Å²) >= 11 is 0. The van der Waals surface area contributed by atoms with E-state index in [4.69, 9.17) is 10.2 Å². The Bertz CT molecular complexity index is 630. The van der Waals surface area contributed by atoms with Crippen LogP contribution < -0.4 is 10.5 Å². The van der Waals surface area contributed by atoms with Crippen molar-refractivity contribution in [2.24, 2.45) is 5.73 Å². The van der Waals surface area contributed by atoms with E-state index in [1.165, 1.54) is 13.8 Å². The van der Waals surface area contributed by atoms with Crippen molar-refractivity contribution in [3.05, 3.63) is 17.1 Å². The minimum absolute atomic E-state index is 0.0356. The number of nitrogens with one attached hydrogen (secondary N) is 1. The number of nitrogens with two attached hydrogens (primary N) is 1. The number of halogens is 3. The highest BCUT2D eigenvalue weighted by Gasteiger charge is 2.65. The van der Waals surface area contributed by atoms with Gasteiger partial charge in [0.25, 0.3) is 0 Å². The molecule has 1 aliphatic carbocycles. The van der Waals surface area contributed by atoms with Crippen LogP contribution in [0, 0.1) is 13.8 Å². The molecule has 0 atom stereocenters. The van der Waals surface area contributed by atoms with Crippen molar-refractivity contribution in [1.82, 2.24) is 4.72 Å². The van der Waals surface area contributed by atoms with Crippen LogP contribution in [0.5, 0.6) is 0 Å². The zero-order valence-electron chi connectivity index (χ0n) is 11.0. The van der Waals surface area contributed by atoms with Crippen LogP contribution >= 0.6 is 0 Å². The van der Waals surface area contributed by atoms with Gasteiger partial charge < -0.3 is 10.2 Å². The van der Waals surface area contributed by atoms with E-state index < -0.39 is 21.7 Å².